The molecule has 1 unspecified atom stereocenters. The minimum absolute atomic E-state index is 0.0241. The fourth-order valence-electron chi connectivity index (χ4n) is 1.51. The van der Waals surface area contributed by atoms with E-state index < -0.39 is 5.97 Å². The van der Waals surface area contributed by atoms with Gasteiger partial charge in [-0.3, -0.25) is 0 Å². The molecule has 5 heteroatoms. The molecule has 0 aromatic carbocycles. The zero-order valence-electron chi connectivity index (χ0n) is 9.84. The smallest absolute Gasteiger partial charge is 0.356 e. The van der Waals surface area contributed by atoms with Gasteiger partial charge in [0, 0.05) is 12.6 Å². The van der Waals surface area contributed by atoms with Crippen LogP contribution in [0.1, 0.15) is 37.7 Å². The number of hydrogen-bond donors (Lipinski definition) is 1. The van der Waals surface area contributed by atoms with Gasteiger partial charge in [-0.15, -0.1) is 10.2 Å². The lowest BCUT2D eigenvalue weighted by molar-refractivity contribution is 0.0689. The van der Waals surface area contributed by atoms with Crippen molar-refractivity contribution in [3.8, 4) is 0 Å². The van der Waals surface area contributed by atoms with E-state index in [1.165, 1.54) is 6.07 Å². The van der Waals surface area contributed by atoms with Crippen LogP contribution in [0.15, 0.2) is 12.1 Å². The topological polar surface area (TPSA) is 66.3 Å². The summed E-state index contributed by atoms with van der Waals surface area (Å²) in [6.07, 6.45) is 1.01. The molecule has 1 heterocycles. The maximum atomic E-state index is 10.6. The minimum atomic E-state index is -1.05. The van der Waals surface area contributed by atoms with E-state index >= 15 is 0 Å². The number of aromatic nitrogens is 2. The molecule has 0 aliphatic heterocycles. The Morgan fingerprint density at radius 2 is 2.12 bits per heavy atom. The Kier molecular flexibility index (Phi) is 4.22. The van der Waals surface area contributed by atoms with E-state index in [1.807, 2.05) is 6.92 Å². The molecule has 88 valence electrons. The first-order valence-corrected chi connectivity index (χ1v) is 5.43. The quantitative estimate of drug-likeness (QED) is 0.824. The molecule has 0 saturated carbocycles. The Bertz CT molecular complexity index is 351. The number of carbonyl (C=O) groups is 1. The number of hydrogen-bond acceptors (Lipinski definition) is 4. The van der Waals surface area contributed by atoms with Crippen molar-refractivity contribution in [2.45, 2.75) is 33.2 Å². The Morgan fingerprint density at radius 3 is 2.50 bits per heavy atom. The predicted octanol–water partition coefficient (Wildman–Crippen LogP) is 1.80. The maximum Gasteiger partial charge on any atom is 0.356 e. The molecule has 1 aromatic rings. The third kappa shape index (κ3) is 2.68. The lowest BCUT2D eigenvalue weighted by Gasteiger charge is -2.27. The van der Waals surface area contributed by atoms with Crippen LogP contribution in [0.4, 0.5) is 5.82 Å². The van der Waals surface area contributed by atoms with E-state index in [2.05, 4.69) is 28.9 Å². The van der Waals surface area contributed by atoms with Crippen molar-refractivity contribution in [2.75, 3.05) is 11.4 Å². The molecule has 1 rings (SSSR count). The predicted molar refractivity (Wildman–Crippen MR) is 61.8 cm³/mol. The van der Waals surface area contributed by atoms with Gasteiger partial charge in [-0.05, 0) is 32.4 Å². The Balaban J connectivity index is 2.90. The largest absolute Gasteiger partial charge is 0.476 e. The summed E-state index contributed by atoms with van der Waals surface area (Å²) >= 11 is 0. The van der Waals surface area contributed by atoms with Gasteiger partial charge in [0.1, 0.15) is 0 Å². The van der Waals surface area contributed by atoms with Crippen molar-refractivity contribution in [1.82, 2.24) is 10.2 Å². The van der Waals surface area contributed by atoms with Crippen LogP contribution in [-0.2, 0) is 0 Å². The van der Waals surface area contributed by atoms with Gasteiger partial charge in [0.25, 0.3) is 0 Å². The number of carboxylic acids is 1. The average molecular weight is 223 g/mol. The summed E-state index contributed by atoms with van der Waals surface area (Å²) in [6, 6.07) is 3.55. The molecule has 1 atom stereocenters. The minimum Gasteiger partial charge on any atom is -0.476 e. The highest BCUT2D eigenvalue weighted by Gasteiger charge is 2.13. The molecule has 5 nitrogen and oxygen atoms in total. The zero-order valence-corrected chi connectivity index (χ0v) is 9.84. The molecular formula is C11H17N3O2. The van der Waals surface area contributed by atoms with Gasteiger partial charge < -0.3 is 10.0 Å². The van der Waals surface area contributed by atoms with Crippen LogP contribution < -0.4 is 4.90 Å². The SMILES string of the molecule is CCC(C)N(CC)c1ccc(C(=O)O)nn1. The van der Waals surface area contributed by atoms with Crippen LogP contribution in [0.2, 0.25) is 0 Å². The van der Waals surface area contributed by atoms with E-state index in [9.17, 15) is 4.79 Å². The molecule has 0 fully saturated rings. The Labute approximate surface area is 95.1 Å². The molecule has 0 saturated heterocycles. The van der Waals surface area contributed by atoms with Crippen LogP contribution in [-0.4, -0.2) is 33.9 Å². The highest BCUT2D eigenvalue weighted by atomic mass is 16.4. The van der Waals surface area contributed by atoms with Gasteiger partial charge in [0.15, 0.2) is 11.5 Å². The van der Waals surface area contributed by atoms with Gasteiger partial charge in [0.05, 0.1) is 0 Å². The van der Waals surface area contributed by atoms with Crippen LogP contribution >= 0.6 is 0 Å². The fourth-order valence-corrected chi connectivity index (χ4v) is 1.51. The summed E-state index contributed by atoms with van der Waals surface area (Å²) in [4.78, 5) is 12.7. The maximum absolute atomic E-state index is 10.6. The first kappa shape index (κ1) is 12.4. The molecular weight excluding hydrogens is 206 g/mol. The molecule has 0 aliphatic carbocycles. The van der Waals surface area contributed by atoms with Crippen LogP contribution in [0.3, 0.4) is 0 Å². The Morgan fingerprint density at radius 1 is 1.44 bits per heavy atom. The third-order valence-electron chi connectivity index (χ3n) is 2.63. The highest BCUT2D eigenvalue weighted by molar-refractivity contribution is 5.85. The summed E-state index contributed by atoms with van der Waals surface area (Å²) in [5.74, 6) is -0.326. The normalized spacial score (nSPS) is 12.2. The van der Waals surface area contributed by atoms with Gasteiger partial charge in [-0.25, -0.2) is 4.79 Å². The van der Waals surface area contributed by atoms with E-state index in [1.54, 1.807) is 6.07 Å². The second-order valence-electron chi connectivity index (χ2n) is 3.63. The number of nitrogens with zero attached hydrogens (tertiary/aromatic N) is 3. The molecule has 1 N–H and O–H groups in total. The molecule has 0 radical (unpaired) electrons. The van der Waals surface area contributed by atoms with Crippen molar-refractivity contribution in [2.24, 2.45) is 0 Å². The average Bonchev–Trinajstić information content (AvgIpc) is 2.30. The van der Waals surface area contributed by atoms with Crippen molar-refractivity contribution in [3.63, 3.8) is 0 Å². The molecule has 0 aliphatic rings. The monoisotopic (exact) mass is 223 g/mol. The summed E-state index contributed by atoms with van der Waals surface area (Å²) in [5, 5.41) is 16.3. The van der Waals surface area contributed by atoms with Crippen LogP contribution in [0.25, 0.3) is 0 Å². The van der Waals surface area contributed by atoms with Gasteiger partial charge in [-0.1, -0.05) is 6.92 Å². The summed E-state index contributed by atoms with van der Waals surface area (Å²) in [5.41, 5.74) is -0.0241. The fraction of sp³-hybridized carbons (Fsp3) is 0.545. The molecule has 0 amide bonds. The standard InChI is InChI=1S/C11H17N3O2/c1-4-8(3)14(5-2)10-7-6-9(11(15)16)12-13-10/h6-8H,4-5H2,1-3H3,(H,15,16). The number of carboxylic acid groups (broad SMARTS) is 1. The van der Waals surface area contributed by atoms with Gasteiger partial charge in [-0.2, -0.15) is 0 Å². The van der Waals surface area contributed by atoms with Crippen molar-refractivity contribution in [3.05, 3.63) is 17.8 Å². The lowest BCUT2D eigenvalue weighted by atomic mass is 10.2. The van der Waals surface area contributed by atoms with Crippen LogP contribution in [0, 0.1) is 0 Å². The van der Waals surface area contributed by atoms with E-state index in [-0.39, 0.29) is 5.69 Å². The van der Waals surface area contributed by atoms with Crippen molar-refractivity contribution in [1.29, 1.82) is 0 Å². The van der Waals surface area contributed by atoms with Crippen molar-refractivity contribution < 1.29 is 9.90 Å². The number of anilines is 1. The van der Waals surface area contributed by atoms with Crippen molar-refractivity contribution >= 4 is 11.8 Å². The molecule has 16 heavy (non-hydrogen) atoms. The first-order chi connectivity index (χ1) is 7.60. The number of aromatic carboxylic acids is 1. The molecule has 1 aromatic heterocycles. The molecule has 0 spiro atoms. The third-order valence-corrected chi connectivity index (χ3v) is 2.63. The summed E-state index contributed by atoms with van der Waals surface area (Å²) in [6.45, 7) is 7.08. The van der Waals surface area contributed by atoms with Crippen LogP contribution in [0.5, 0.6) is 0 Å². The zero-order chi connectivity index (χ0) is 12.1. The van der Waals surface area contributed by atoms with E-state index in [4.69, 9.17) is 5.11 Å². The number of rotatable bonds is 5. The summed E-state index contributed by atoms with van der Waals surface area (Å²) in [7, 11) is 0. The second-order valence-corrected chi connectivity index (χ2v) is 3.63. The van der Waals surface area contributed by atoms with Gasteiger partial charge >= 0.3 is 5.97 Å². The highest BCUT2D eigenvalue weighted by Crippen LogP contribution is 2.14. The lowest BCUT2D eigenvalue weighted by Crippen LogP contribution is -2.33. The molecule has 0 bridgehead atoms. The Hall–Kier alpha value is -1.65. The second kappa shape index (κ2) is 5.44. The van der Waals surface area contributed by atoms with Gasteiger partial charge in [0.2, 0.25) is 0 Å². The van der Waals surface area contributed by atoms with E-state index in [0.717, 1.165) is 18.8 Å². The first-order valence-electron chi connectivity index (χ1n) is 5.43. The summed E-state index contributed by atoms with van der Waals surface area (Å²) < 4.78 is 0. The van der Waals surface area contributed by atoms with E-state index in [0.29, 0.717) is 6.04 Å².